The van der Waals surface area contributed by atoms with Crippen LogP contribution in [0.25, 0.3) is 0 Å². The van der Waals surface area contributed by atoms with Crippen LogP contribution in [0.2, 0.25) is 0 Å². The molecule has 1 heterocycles. The first-order valence-electron chi connectivity index (χ1n) is 3.97. The van der Waals surface area contributed by atoms with Crippen LogP contribution in [0.1, 0.15) is 17.1 Å². The third kappa shape index (κ3) is 2.37. The lowest BCUT2D eigenvalue weighted by molar-refractivity contribution is 0.0856. The van der Waals surface area contributed by atoms with Gasteiger partial charge in [-0.2, -0.15) is 5.48 Å². The molecular weight excluding hydrogens is 170 g/mol. The number of hydrogen-bond donors (Lipinski definition) is 2. The SMILES string of the molecule is CONCc1nc(C)[nH]c(=O)c1C. The van der Waals surface area contributed by atoms with Crippen LogP contribution in [0.5, 0.6) is 0 Å². The fourth-order valence-corrected chi connectivity index (χ4v) is 1.02. The van der Waals surface area contributed by atoms with E-state index < -0.39 is 0 Å². The molecule has 0 bridgehead atoms. The van der Waals surface area contributed by atoms with Crippen LogP contribution in [0.4, 0.5) is 0 Å². The molecule has 0 fully saturated rings. The van der Waals surface area contributed by atoms with E-state index in [1.807, 2.05) is 0 Å². The molecule has 0 aliphatic rings. The Labute approximate surface area is 76.1 Å². The van der Waals surface area contributed by atoms with E-state index in [9.17, 15) is 4.79 Å². The molecule has 0 saturated carbocycles. The predicted molar refractivity (Wildman–Crippen MR) is 48.2 cm³/mol. The highest BCUT2D eigenvalue weighted by atomic mass is 16.6. The van der Waals surface area contributed by atoms with Crippen molar-refractivity contribution in [1.29, 1.82) is 0 Å². The lowest BCUT2D eigenvalue weighted by Gasteiger charge is -2.04. The zero-order valence-electron chi connectivity index (χ0n) is 7.97. The zero-order chi connectivity index (χ0) is 9.84. The zero-order valence-corrected chi connectivity index (χ0v) is 7.97. The van der Waals surface area contributed by atoms with Crippen molar-refractivity contribution >= 4 is 0 Å². The van der Waals surface area contributed by atoms with Gasteiger partial charge >= 0.3 is 0 Å². The molecule has 2 N–H and O–H groups in total. The summed E-state index contributed by atoms with van der Waals surface area (Å²) in [6.45, 7) is 3.92. The first kappa shape index (κ1) is 9.88. The molecule has 0 saturated heterocycles. The first-order chi connectivity index (χ1) is 6.15. The van der Waals surface area contributed by atoms with Gasteiger partial charge in [-0.3, -0.25) is 4.79 Å². The Morgan fingerprint density at radius 1 is 1.54 bits per heavy atom. The van der Waals surface area contributed by atoms with Crippen LogP contribution in [-0.2, 0) is 11.4 Å². The van der Waals surface area contributed by atoms with Crippen molar-refractivity contribution in [2.24, 2.45) is 0 Å². The number of hydroxylamine groups is 1. The molecule has 0 aliphatic carbocycles. The van der Waals surface area contributed by atoms with E-state index in [1.165, 1.54) is 7.11 Å². The summed E-state index contributed by atoms with van der Waals surface area (Å²) in [5.41, 5.74) is 3.88. The number of aryl methyl sites for hydroxylation is 1. The lowest BCUT2D eigenvalue weighted by atomic mass is 10.2. The molecule has 0 aromatic carbocycles. The van der Waals surface area contributed by atoms with E-state index in [-0.39, 0.29) is 5.56 Å². The highest BCUT2D eigenvalue weighted by molar-refractivity contribution is 5.15. The van der Waals surface area contributed by atoms with E-state index in [2.05, 4.69) is 20.3 Å². The minimum absolute atomic E-state index is 0.0968. The molecule has 13 heavy (non-hydrogen) atoms. The van der Waals surface area contributed by atoms with Gasteiger partial charge in [-0.15, -0.1) is 0 Å². The van der Waals surface area contributed by atoms with Crippen molar-refractivity contribution in [2.75, 3.05) is 7.11 Å². The van der Waals surface area contributed by atoms with Crippen molar-refractivity contribution < 1.29 is 4.84 Å². The summed E-state index contributed by atoms with van der Waals surface area (Å²) in [6.07, 6.45) is 0. The maximum atomic E-state index is 11.3. The largest absolute Gasteiger partial charge is 0.311 e. The van der Waals surface area contributed by atoms with E-state index >= 15 is 0 Å². The molecule has 0 atom stereocenters. The number of nitrogens with zero attached hydrogens (tertiary/aromatic N) is 1. The number of aromatic amines is 1. The standard InChI is InChI=1S/C8H13N3O2/c1-5-7(4-9-13-3)10-6(2)11-8(5)12/h9H,4H2,1-3H3,(H,10,11,12). The van der Waals surface area contributed by atoms with Gasteiger partial charge in [0, 0.05) is 5.56 Å². The van der Waals surface area contributed by atoms with Crippen LogP contribution < -0.4 is 11.0 Å². The minimum Gasteiger partial charge on any atom is -0.311 e. The molecule has 5 nitrogen and oxygen atoms in total. The summed E-state index contributed by atoms with van der Waals surface area (Å²) < 4.78 is 0. The molecule has 0 unspecified atom stereocenters. The number of H-pyrrole nitrogens is 1. The minimum atomic E-state index is -0.0968. The van der Waals surface area contributed by atoms with Crippen LogP contribution in [-0.4, -0.2) is 17.1 Å². The van der Waals surface area contributed by atoms with Gasteiger partial charge in [-0.25, -0.2) is 4.98 Å². The van der Waals surface area contributed by atoms with E-state index in [0.717, 1.165) is 0 Å². The Kier molecular flexibility index (Phi) is 3.16. The fourth-order valence-electron chi connectivity index (χ4n) is 1.02. The first-order valence-corrected chi connectivity index (χ1v) is 3.97. The second kappa shape index (κ2) is 4.15. The fraction of sp³-hybridized carbons (Fsp3) is 0.500. The lowest BCUT2D eigenvalue weighted by Crippen LogP contribution is -2.21. The highest BCUT2D eigenvalue weighted by Crippen LogP contribution is 1.97. The number of nitrogens with one attached hydrogen (secondary N) is 2. The molecule has 0 radical (unpaired) electrons. The average Bonchev–Trinajstić information content (AvgIpc) is 2.09. The van der Waals surface area contributed by atoms with Crippen molar-refractivity contribution in [2.45, 2.75) is 20.4 Å². The van der Waals surface area contributed by atoms with Gasteiger partial charge in [0.25, 0.3) is 5.56 Å². The van der Waals surface area contributed by atoms with Crippen LogP contribution in [0.15, 0.2) is 4.79 Å². The molecule has 72 valence electrons. The smallest absolute Gasteiger partial charge is 0.254 e. The maximum Gasteiger partial charge on any atom is 0.254 e. The normalized spacial score (nSPS) is 10.4. The third-order valence-corrected chi connectivity index (χ3v) is 1.75. The summed E-state index contributed by atoms with van der Waals surface area (Å²) in [6, 6.07) is 0. The summed E-state index contributed by atoms with van der Waals surface area (Å²) in [5, 5.41) is 0. The van der Waals surface area contributed by atoms with Crippen molar-refractivity contribution in [3.05, 3.63) is 27.4 Å². The van der Waals surface area contributed by atoms with Gasteiger partial charge < -0.3 is 9.82 Å². The van der Waals surface area contributed by atoms with Crippen molar-refractivity contribution in [3.63, 3.8) is 0 Å². The van der Waals surface area contributed by atoms with E-state index in [0.29, 0.717) is 23.6 Å². The van der Waals surface area contributed by atoms with Gasteiger partial charge in [-0.1, -0.05) is 0 Å². The Morgan fingerprint density at radius 2 is 2.23 bits per heavy atom. The maximum absolute atomic E-state index is 11.3. The summed E-state index contributed by atoms with van der Waals surface area (Å²) in [4.78, 5) is 22.7. The van der Waals surface area contributed by atoms with E-state index in [4.69, 9.17) is 0 Å². The van der Waals surface area contributed by atoms with Gasteiger partial charge in [0.1, 0.15) is 5.82 Å². The Hall–Kier alpha value is -1.20. The Bertz CT molecular complexity index is 346. The van der Waals surface area contributed by atoms with Crippen molar-refractivity contribution in [1.82, 2.24) is 15.4 Å². The highest BCUT2D eigenvalue weighted by Gasteiger charge is 2.04. The van der Waals surface area contributed by atoms with Gasteiger partial charge in [0.05, 0.1) is 19.3 Å². The second-order valence-corrected chi connectivity index (χ2v) is 2.75. The molecular formula is C8H13N3O2. The van der Waals surface area contributed by atoms with Crippen LogP contribution >= 0.6 is 0 Å². The van der Waals surface area contributed by atoms with E-state index in [1.54, 1.807) is 13.8 Å². The molecule has 1 rings (SSSR count). The summed E-state index contributed by atoms with van der Waals surface area (Å²) >= 11 is 0. The quantitative estimate of drug-likeness (QED) is 0.649. The number of aromatic nitrogens is 2. The van der Waals surface area contributed by atoms with Crippen LogP contribution in [0.3, 0.4) is 0 Å². The molecule has 0 amide bonds. The summed E-state index contributed by atoms with van der Waals surface area (Å²) in [5.74, 6) is 0.614. The van der Waals surface area contributed by atoms with Crippen molar-refractivity contribution in [3.8, 4) is 0 Å². The predicted octanol–water partition coefficient (Wildman–Crippen LogP) is 0.0377. The monoisotopic (exact) mass is 183 g/mol. The molecule has 1 aromatic rings. The van der Waals surface area contributed by atoms with Gasteiger partial charge in [-0.05, 0) is 13.8 Å². The molecule has 0 spiro atoms. The molecule has 1 aromatic heterocycles. The Balaban J connectivity index is 2.99. The van der Waals surface area contributed by atoms with Crippen LogP contribution in [0, 0.1) is 13.8 Å². The average molecular weight is 183 g/mol. The third-order valence-electron chi connectivity index (χ3n) is 1.75. The number of hydrogen-bond acceptors (Lipinski definition) is 4. The Morgan fingerprint density at radius 3 is 2.85 bits per heavy atom. The number of rotatable bonds is 3. The van der Waals surface area contributed by atoms with Gasteiger partial charge in [0.2, 0.25) is 0 Å². The topological polar surface area (TPSA) is 67.0 Å². The molecule has 0 aliphatic heterocycles. The second-order valence-electron chi connectivity index (χ2n) is 2.75. The summed E-state index contributed by atoms with van der Waals surface area (Å²) in [7, 11) is 1.52. The molecule has 5 heteroatoms. The van der Waals surface area contributed by atoms with Gasteiger partial charge in [0.15, 0.2) is 0 Å².